The van der Waals surface area contributed by atoms with Crippen molar-refractivity contribution in [3.63, 3.8) is 0 Å². The van der Waals surface area contributed by atoms with E-state index in [4.69, 9.17) is 0 Å². The van der Waals surface area contributed by atoms with Gasteiger partial charge in [-0.25, -0.2) is 13.4 Å². The molecule has 1 N–H and O–H groups in total. The molecule has 1 aromatic carbocycles. The zero-order chi connectivity index (χ0) is 15.8. The highest BCUT2D eigenvalue weighted by Crippen LogP contribution is 2.25. The van der Waals surface area contributed by atoms with Crippen molar-refractivity contribution in [2.45, 2.75) is 31.1 Å². The number of hydrogen-bond acceptors (Lipinski definition) is 3. The van der Waals surface area contributed by atoms with Crippen molar-refractivity contribution in [3.05, 3.63) is 36.0 Å². The Morgan fingerprint density at radius 3 is 2.33 bits per heavy atom. The van der Waals surface area contributed by atoms with Gasteiger partial charge in [0.25, 0.3) is 10.0 Å². The number of hydrogen-bond donors (Lipinski definition) is 1. The van der Waals surface area contributed by atoms with Crippen LogP contribution in [-0.2, 0) is 10.0 Å². The molecule has 0 saturated carbocycles. The first-order valence-corrected chi connectivity index (χ1v) is 7.54. The van der Waals surface area contributed by atoms with Gasteiger partial charge in [-0.3, -0.25) is 0 Å². The molecule has 8 heteroatoms. The fourth-order valence-corrected chi connectivity index (χ4v) is 3.25. The highest BCUT2D eigenvalue weighted by molar-refractivity contribution is 7.89. The summed E-state index contributed by atoms with van der Waals surface area (Å²) >= 11 is 0. The Balaban J connectivity index is 2.54. The van der Waals surface area contributed by atoms with Crippen molar-refractivity contribution >= 4 is 20.8 Å². The van der Waals surface area contributed by atoms with Crippen molar-refractivity contribution in [2.75, 3.05) is 0 Å². The van der Waals surface area contributed by atoms with Crippen LogP contribution in [0.1, 0.15) is 12.5 Å². The van der Waals surface area contributed by atoms with E-state index in [2.05, 4.69) is 4.98 Å². The van der Waals surface area contributed by atoms with Gasteiger partial charge >= 0.3 is 6.18 Å². The van der Waals surface area contributed by atoms with Gasteiger partial charge in [-0.15, -0.1) is 0 Å². The van der Waals surface area contributed by atoms with E-state index in [9.17, 15) is 21.6 Å². The zero-order valence-electron chi connectivity index (χ0n) is 11.3. The Hall–Kier alpha value is -1.67. The third-order valence-corrected chi connectivity index (χ3v) is 4.53. The Morgan fingerprint density at radius 1 is 1.19 bits per heavy atom. The van der Waals surface area contributed by atoms with Crippen molar-refractivity contribution < 1.29 is 21.6 Å². The van der Waals surface area contributed by atoms with E-state index in [-0.39, 0.29) is 0 Å². The second-order valence-electron chi connectivity index (χ2n) is 4.68. The number of pyridine rings is 1. The van der Waals surface area contributed by atoms with Gasteiger partial charge in [0.05, 0.1) is 0 Å². The first-order valence-electron chi connectivity index (χ1n) is 6.06. The molecule has 2 aromatic rings. The molecule has 0 fully saturated rings. The van der Waals surface area contributed by atoms with Crippen molar-refractivity contribution in [2.24, 2.45) is 0 Å². The number of sulfonamides is 1. The third-order valence-electron chi connectivity index (χ3n) is 3.04. The molecule has 0 aliphatic rings. The highest BCUT2D eigenvalue weighted by Gasteiger charge is 2.39. The number of alkyl halides is 3. The van der Waals surface area contributed by atoms with Crippen LogP contribution in [0, 0.1) is 6.92 Å². The van der Waals surface area contributed by atoms with E-state index in [0.717, 1.165) is 12.5 Å². The van der Waals surface area contributed by atoms with Crippen LogP contribution in [0.4, 0.5) is 13.2 Å². The van der Waals surface area contributed by atoms with E-state index in [1.807, 2.05) is 0 Å². The molecule has 4 nitrogen and oxygen atoms in total. The Morgan fingerprint density at radius 2 is 1.76 bits per heavy atom. The summed E-state index contributed by atoms with van der Waals surface area (Å²) in [6.07, 6.45) is -3.33. The molecule has 0 radical (unpaired) electrons. The summed E-state index contributed by atoms with van der Waals surface area (Å²) in [4.78, 5) is 3.80. The number of fused-ring (bicyclic) bond motifs is 1. The Labute approximate surface area is 120 Å². The van der Waals surface area contributed by atoms with E-state index in [0.29, 0.717) is 10.8 Å². The van der Waals surface area contributed by atoms with Crippen LogP contribution in [0.2, 0.25) is 0 Å². The van der Waals surface area contributed by atoms with Crippen LogP contribution >= 0.6 is 0 Å². The summed E-state index contributed by atoms with van der Waals surface area (Å²) in [5.41, 5.74) is 0.744. The number of aryl methyl sites for hydroxylation is 1. The van der Waals surface area contributed by atoms with Gasteiger partial charge in [-0.1, -0.05) is 24.3 Å². The maximum absolute atomic E-state index is 12.5. The predicted molar refractivity (Wildman–Crippen MR) is 72.3 cm³/mol. The maximum Gasteiger partial charge on any atom is 0.404 e. The minimum Gasteiger partial charge on any atom is -0.243 e. The first-order chi connectivity index (χ1) is 9.63. The molecule has 21 heavy (non-hydrogen) atoms. The van der Waals surface area contributed by atoms with Crippen molar-refractivity contribution in [3.8, 4) is 0 Å². The monoisotopic (exact) mass is 318 g/mol. The van der Waals surface area contributed by atoms with Crippen LogP contribution in [0.3, 0.4) is 0 Å². The molecule has 1 heterocycles. The second-order valence-corrected chi connectivity index (χ2v) is 6.31. The minimum absolute atomic E-state index is 0.291. The van der Waals surface area contributed by atoms with Gasteiger partial charge in [-0.2, -0.15) is 17.9 Å². The van der Waals surface area contributed by atoms with Crippen LogP contribution in [-0.4, -0.2) is 25.6 Å². The predicted octanol–water partition coefficient (Wildman–Crippen LogP) is 2.77. The molecule has 0 aliphatic carbocycles. The summed E-state index contributed by atoms with van der Waals surface area (Å²) in [6, 6.07) is 4.35. The fourth-order valence-electron chi connectivity index (χ4n) is 1.88. The molecule has 0 aliphatic heterocycles. The number of nitrogens with one attached hydrogen (secondary N) is 1. The topological polar surface area (TPSA) is 59.1 Å². The van der Waals surface area contributed by atoms with Crippen LogP contribution < -0.4 is 4.72 Å². The summed E-state index contributed by atoms with van der Waals surface area (Å²) < 4.78 is 63.5. The SMILES string of the molecule is Cc1cnc(S(=O)(=O)N[C@@H](C)C(F)(F)F)c2ccccc12. The summed E-state index contributed by atoms with van der Waals surface area (Å²) in [5.74, 6) is 0. The lowest BCUT2D eigenvalue weighted by atomic mass is 10.1. The molecule has 0 unspecified atom stereocenters. The summed E-state index contributed by atoms with van der Waals surface area (Å²) in [7, 11) is -4.37. The Bertz CT molecular complexity index is 773. The fraction of sp³-hybridized carbons (Fsp3) is 0.308. The molecule has 2 rings (SSSR count). The van der Waals surface area contributed by atoms with Gasteiger partial charge < -0.3 is 0 Å². The lowest BCUT2D eigenvalue weighted by Crippen LogP contribution is -2.43. The quantitative estimate of drug-likeness (QED) is 0.946. The van der Waals surface area contributed by atoms with E-state index < -0.39 is 27.3 Å². The molecule has 1 aromatic heterocycles. The lowest BCUT2D eigenvalue weighted by molar-refractivity contribution is -0.147. The average Bonchev–Trinajstić information content (AvgIpc) is 2.37. The molecule has 114 valence electrons. The van der Waals surface area contributed by atoms with Crippen LogP contribution in [0.5, 0.6) is 0 Å². The van der Waals surface area contributed by atoms with Crippen LogP contribution in [0.25, 0.3) is 10.8 Å². The average molecular weight is 318 g/mol. The van der Waals surface area contributed by atoms with Crippen LogP contribution in [0.15, 0.2) is 35.5 Å². The maximum atomic E-state index is 12.5. The van der Waals surface area contributed by atoms with Crippen molar-refractivity contribution in [1.29, 1.82) is 0 Å². The number of halogens is 3. The van der Waals surface area contributed by atoms with E-state index >= 15 is 0 Å². The molecule has 0 spiro atoms. The molecular formula is C13H13F3N2O2S. The smallest absolute Gasteiger partial charge is 0.243 e. The standard InChI is InChI=1S/C13H13F3N2O2S/c1-8-7-17-12(11-6-4-3-5-10(8)11)21(19,20)18-9(2)13(14,15)16/h3-7,9,18H,1-2H3/t9-/m0/s1. The first kappa shape index (κ1) is 15.7. The second kappa shape index (κ2) is 5.27. The Kier molecular flexibility index (Phi) is 3.94. The molecule has 0 amide bonds. The minimum atomic E-state index is -4.66. The zero-order valence-corrected chi connectivity index (χ0v) is 12.1. The highest BCUT2D eigenvalue weighted by atomic mass is 32.2. The molecule has 0 saturated heterocycles. The number of aromatic nitrogens is 1. The lowest BCUT2D eigenvalue weighted by Gasteiger charge is -2.17. The van der Waals surface area contributed by atoms with E-state index in [1.165, 1.54) is 12.3 Å². The van der Waals surface area contributed by atoms with Gasteiger partial charge in [-0.05, 0) is 24.8 Å². The van der Waals surface area contributed by atoms with Gasteiger partial charge in [0, 0.05) is 11.6 Å². The number of nitrogens with zero attached hydrogens (tertiary/aromatic N) is 1. The van der Waals surface area contributed by atoms with E-state index in [1.54, 1.807) is 29.8 Å². The largest absolute Gasteiger partial charge is 0.404 e. The summed E-state index contributed by atoms with van der Waals surface area (Å²) in [6.45, 7) is 2.49. The molecular weight excluding hydrogens is 305 g/mol. The number of benzene rings is 1. The number of rotatable bonds is 3. The van der Waals surface area contributed by atoms with Gasteiger partial charge in [0.2, 0.25) is 0 Å². The van der Waals surface area contributed by atoms with Gasteiger partial charge in [0.15, 0.2) is 5.03 Å². The third kappa shape index (κ3) is 3.16. The van der Waals surface area contributed by atoms with Crippen molar-refractivity contribution in [1.82, 2.24) is 9.71 Å². The molecule has 0 bridgehead atoms. The normalized spacial score (nSPS) is 14.3. The van der Waals surface area contributed by atoms with Gasteiger partial charge in [0.1, 0.15) is 6.04 Å². The summed E-state index contributed by atoms with van der Waals surface area (Å²) in [5, 5.41) is 0.520. The molecule has 1 atom stereocenters.